The Hall–Kier alpha value is -3.98. The van der Waals surface area contributed by atoms with Crippen LogP contribution in [-0.2, 0) is 67.8 Å². The number of hydrogen-bond donors (Lipinski definition) is 0. The Bertz CT molecular complexity index is 4790. The van der Waals surface area contributed by atoms with Gasteiger partial charge in [-0.3, -0.25) is 0 Å². The zero-order chi connectivity index (χ0) is 63.5. The lowest BCUT2D eigenvalue weighted by Gasteiger charge is -2.09. The van der Waals surface area contributed by atoms with Crippen molar-refractivity contribution in [1.82, 2.24) is 0 Å². The number of benzene rings is 8. The van der Waals surface area contributed by atoms with Crippen molar-refractivity contribution in [2.75, 3.05) is 0 Å². The van der Waals surface area contributed by atoms with Crippen LogP contribution in [-0.4, -0.2) is 0 Å². The number of rotatable bonds is 14. The second-order valence-electron chi connectivity index (χ2n) is 21.1. The molecule has 0 saturated heterocycles. The average Bonchev–Trinajstić information content (AvgIpc) is 1.18. The normalized spacial score (nSPS) is 11.1. The highest BCUT2D eigenvalue weighted by Crippen LogP contribution is 2.33. The summed E-state index contributed by atoms with van der Waals surface area (Å²) >= 11 is 0. The van der Waals surface area contributed by atoms with Crippen molar-refractivity contribution in [2.24, 2.45) is 0 Å². The maximum Gasteiger partial charge on any atom is 0.344 e. The lowest BCUT2D eigenvalue weighted by molar-refractivity contribution is 0.552. The lowest BCUT2D eigenvalue weighted by Crippen LogP contribution is -2.05. The van der Waals surface area contributed by atoms with Crippen molar-refractivity contribution in [1.29, 1.82) is 0 Å². The summed E-state index contributed by atoms with van der Waals surface area (Å²) in [6.07, 6.45) is 9.07. The predicted octanol–water partition coefficient (Wildman–Crippen LogP) is 17.0. The summed E-state index contributed by atoms with van der Waals surface area (Å²) < 4.78 is 22.4. The van der Waals surface area contributed by atoms with Gasteiger partial charge in [0.25, 0.3) is 0 Å². The van der Waals surface area contributed by atoms with Gasteiger partial charge in [0.05, 0.1) is 16.7 Å². The van der Waals surface area contributed by atoms with Crippen molar-refractivity contribution < 1.29 is 17.7 Å². The summed E-state index contributed by atoms with van der Waals surface area (Å²) in [5.41, 5.74) is 18.5. The molecule has 12 aromatic rings. The second-order valence-corrected chi connectivity index (χ2v) is 26.2. The molecule has 456 valence electrons. The molecule has 12 rings (SSSR count). The molecule has 0 aliphatic heterocycles. The lowest BCUT2D eigenvalue weighted by atomic mass is 9.99. The monoisotopic (exact) mass is 1400 g/mol. The maximum atomic E-state index is 12.7. The van der Waals surface area contributed by atoms with E-state index in [9.17, 15) is 19.2 Å². The van der Waals surface area contributed by atoms with Gasteiger partial charge in [-0.2, -0.15) is 0 Å². The first-order valence-corrected chi connectivity index (χ1v) is 38.2. The highest BCUT2D eigenvalue weighted by Gasteiger charge is 2.16. The second kappa shape index (κ2) is 32.7. The summed E-state index contributed by atoms with van der Waals surface area (Å²) in [6, 6.07) is 52.9. The predicted molar refractivity (Wildman–Crippen MR) is 421 cm³/mol. The van der Waals surface area contributed by atoms with E-state index in [1.165, 1.54) is 38.8 Å². The largest absolute Gasteiger partial charge is 0.422 e. The molecule has 0 aliphatic rings. The highest BCUT2D eigenvalue weighted by molar-refractivity contribution is 7.27. The summed E-state index contributed by atoms with van der Waals surface area (Å²) in [6.45, 7) is 0. The van der Waals surface area contributed by atoms with E-state index in [0.717, 1.165) is 138 Å². The van der Waals surface area contributed by atoms with Crippen molar-refractivity contribution in [3.63, 3.8) is 0 Å². The van der Waals surface area contributed by atoms with Crippen LogP contribution < -0.4 is 27.8 Å². The van der Waals surface area contributed by atoms with Crippen LogP contribution in [0.15, 0.2) is 195 Å². The van der Waals surface area contributed by atoms with Crippen LogP contribution >= 0.6 is 111 Å². The quantitative estimate of drug-likeness (QED) is 0.0780. The summed E-state index contributed by atoms with van der Waals surface area (Å²) in [5, 5.41) is 7.33. The fourth-order valence-corrected chi connectivity index (χ4v) is 13.6. The molecular weight excluding hydrogens is 1330 g/mol. The molecule has 4 aromatic heterocycles. The van der Waals surface area contributed by atoms with Crippen molar-refractivity contribution in [2.45, 2.75) is 67.8 Å². The molecule has 4 heterocycles. The van der Waals surface area contributed by atoms with Gasteiger partial charge in [0.1, 0.15) is 22.3 Å². The van der Waals surface area contributed by atoms with Crippen LogP contribution in [0.4, 0.5) is 0 Å². The van der Waals surface area contributed by atoms with E-state index in [-0.39, 0.29) is 22.5 Å². The van der Waals surface area contributed by atoms with Crippen LogP contribution in [0, 0.1) is 0 Å². The van der Waals surface area contributed by atoms with Crippen LogP contribution in [0.1, 0.15) is 61.2 Å². The van der Waals surface area contributed by atoms with Crippen LogP contribution in [0.25, 0.3) is 88.0 Å². The Morgan fingerprint density at radius 1 is 0.236 bits per heavy atom. The first-order valence-electron chi connectivity index (χ1n) is 28.7. The van der Waals surface area contributed by atoms with Gasteiger partial charge in [-0.05, 0) is 211 Å². The average molecular weight is 1400 g/mol. The van der Waals surface area contributed by atoms with E-state index in [0.29, 0.717) is 45.2 Å². The topological polar surface area (TPSA) is 121 Å². The van der Waals surface area contributed by atoms with E-state index in [1.54, 1.807) is 0 Å². The number of hydrogen-bond acceptors (Lipinski definition) is 8. The third-order valence-corrected chi connectivity index (χ3v) is 20.6. The fraction of sp³-hybridized carbons (Fsp3) is 0.159. The Morgan fingerprint density at radius 3 is 0.899 bits per heavy atom. The van der Waals surface area contributed by atoms with Gasteiger partial charge in [0.2, 0.25) is 0 Å². The molecule has 0 bridgehead atoms. The maximum absolute atomic E-state index is 12.7. The molecule has 0 amide bonds. The first-order chi connectivity index (χ1) is 43.1. The zero-order valence-electron chi connectivity index (χ0n) is 49.0. The smallest absolute Gasteiger partial charge is 0.344 e. The van der Waals surface area contributed by atoms with Gasteiger partial charge in [-0.1, -0.05) is 103 Å². The van der Waals surface area contributed by atoms with Crippen molar-refractivity contribution in [3.05, 3.63) is 261 Å². The molecule has 12 unspecified atom stereocenters. The van der Waals surface area contributed by atoms with E-state index >= 15 is 0 Å². The molecule has 0 saturated carbocycles. The molecular formula is C69H72O8P12. The first kappa shape index (κ1) is 69.4. The van der Waals surface area contributed by atoms with Crippen molar-refractivity contribution >= 4 is 171 Å². The highest BCUT2D eigenvalue weighted by atomic mass is 31.0. The Kier molecular flexibility index (Phi) is 25.5. The van der Waals surface area contributed by atoms with Crippen LogP contribution in [0.3, 0.4) is 0 Å². The molecule has 8 nitrogen and oxygen atoms in total. The standard InChI is InChI=1S/C22H21O2P3.C18H19O2P3.C17H17O2P3.C12H15O2P3/c23-22-20(9-18-6-14(11-26)7-19(12-27)21(18)24-22)17-4-3-15-5-13(10-25)1-2-16(15)8-17;19-18-16(13-3-1-11(8-21)2-4-13)7-14-5-12(9-22)6-15(10-23)17(14)20-18;18-17-15(11-1-3-14(22)4-2-11)7-12-5-10(8-20)6-13(9-21)16(12)19-17;13-12-10(6-17)3-8-1-7(4-15)2-9(5-16)11(8)14-12/h1-9H,10-12,25-27H2;1-7H,8-10,21-23H2;1-7H,8-9,20-22H2;1-3H,4-6,15-17H2. The Labute approximate surface area is 546 Å². The molecule has 20 heteroatoms. The van der Waals surface area contributed by atoms with E-state index in [1.807, 2.05) is 78.9 Å². The van der Waals surface area contributed by atoms with Gasteiger partial charge >= 0.3 is 22.5 Å². The van der Waals surface area contributed by atoms with Crippen LogP contribution in [0.2, 0.25) is 0 Å². The zero-order valence-corrected chi connectivity index (χ0v) is 62.8. The molecule has 0 N–H and O–H groups in total. The van der Waals surface area contributed by atoms with Gasteiger partial charge in [-0.25, -0.2) is 19.2 Å². The fourth-order valence-electron chi connectivity index (χ4n) is 10.4. The minimum atomic E-state index is -0.290. The Morgan fingerprint density at radius 2 is 0.528 bits per heavy atom. The minimum Gasteiger partial charge on any atom is -0.422 e. The van der Waals surface area contributed by atoms with Gasteiger partial charge in [0, 0.05) is 27.1 Å². The van der Waals surface area contributed by atoms with Crippen LogP contribution in [0.5, 0.6) is 0 Å². The molecule has 0 radical (unpaired) electrons. The van der Waals surface area contributed by atoms with E-state index in [4.69, 9.17) is 17.7 Å². The molecule has 12 atom stereocenters. The van der Waals surface area contributed by atoms with E-state index < -0.39 is 0 Å². The third kappa shape index (κ3) is 16.7. The summed E-state index contributed by atoms with van der Waals surface area (Å²) in [4.78, 5) is 49.2. The van der Waals surface area contributed by atoms with Crippen molar-refractivity contribution in [3.8, 4) is 33.4 Å². The van der Waals surface area contributed by atoms with Gasteiger partial charge in [0.15, 0.2) is 0 Å². The number of fused-ring (bicyclic) bond motifs is 5. The minimum absolute atomic E-state index is 0.231. The molecule has 89 heavy (non-hydrogen) atoms. The van der Waals surface area contributed by atoms with Gasteiger partial charge < -0.3 is 17.7 Å². The SMILES string of the molecule is O=c1oc2c(CP)cc(CP)cc2cc1-c1ccc(CP)cc1.O=c1oc2c(CP)cc(CP)cc2cc1-c1ccc(P)cc1.O=c1oc2c(CP)cc(CP)cc2cc1-c1ccc2cc(CP)ccc2c1.O=c1oc2c(CP)cc(CP)cc2cc1CP. The summed E-state index contributed by atoms with van der Waals surface area (Å²) in [5.74, 6) is 0. The molecule has 0 fully saturated rings. The third-order valence-electron chi connectivity index (χ3n) is 15.2. The Balaban J connectivity index is 0.000000143. The summed E-state index contributed by atoms with van der Waals surface area (Å²) in [7, 11) is 32.4. The van der Waals surface area contributed by atoms with Gasteiger partial charge in [-0.15, -0.1) is 111 Å². The molecule has 0 aliphatic carbocycles. The molecule has 8 aromatic carbocycles. The molecule has 0 spiro atoms. The van der Waals surface area contributed by atoms with E-state index in [2.05, 4.69) is 190 Å².